The Bertz CT molecular complexity index is 1010. The normalized spacial score (nSPS) is 19.3. The fraction of sp³-hybridized carbons (Fsp3) is 0.316. The van der Waals surface area contributed by atoms with Crippen LogP contribution in [-0.2, 0) is 6.54 Å². The zero-order chi connectivity index (χ0) is 19.0. The first-order valence-electron chi connectivity index (χ1n) is 8.68. The van der Waals surface area contributed by atoms with Gasteiger partial charge in [-0.25, -0.2) is 14.2 Å². The van der Waals surface area contributed by atoms with Gasteiger partial charge in [-0.3, -0.25) is 4.98 Å². The first-order chi connectivity index (χ1) is 13.0. The number of alkyl halides is 1. The van der Waals surface area contributed by atoms with Crippen LogP contribution in [0.1, 0.15) is 12.1 Å². The third-order valence-corrected chi connectivity index (χ3v) is 5.03. The van der Waals surface area contributed by atoms with Crippen molar-refractivity contribution in [3.05, 3.63) is 58.7 Å². The first kappa shape index (κ1) is 20.3. The van der Waals surface area contributed by atoms with Crippen molar-refractivity contribution in [1.82, 2.24) is 14.5 Å². The first-order valence-corrected chi connectivity index (χ1v) is 9.06. The Labute approximate surface area is 173 Å². The molecule has 0 bridgehead atoms. The molecule has 0 unspecified atom stereocenters. The Morgan fingerprint density at radius 2 is 2.14 bits per heavy atom. The average molecular weight is 421 g/mol. The molecule has 2 N–H and O–H groups in total. The lowest BCUT2D eigenvalue weighted by molar-refractivity contribution is 0.243. The van der Waals surface area contributed by atoms with Crippen LogP contribution in [0.25, 0.3) is 15.9 Å². The van der Waals surface area contributed by atoms with Crippen molar-refractivity contribution in [2.75, 3.05) is 18.0 Å². The van der Waals surface area contributed by atoms with E-state index in [-0.39, 0.29) is 12.4 Å². The summed E-state index contributed by atoms with van der Waals surface area (Å²) >= 11 is 5.94. The van der Waals surface area contributed by atoms with E-state index in [0.29, 0.717) is 42.7 Å². The maximum atomic E-state index is 13.8. The molecule has 146 valence electrons. The van der Waals surface area contributed by atoms with E-state index in [9.17, 15) is 4.39 Å². The number of nitrogens with zero attached hydrogens (tertiary/aromatic N) is 5. The van der Waals surface area contributed by atoms with E-state index in [0.717, 1.165) is 16.7 Å². The van der Waals surface area contributed by atoms with Gasteiger partial charge < -0.3 is 15.2 Å². The highest BCUT2D eigenvalue weighted by Gasteiger charge is 2.29. The summed E-state index contributed by atoms with van der Waals surface area (Å²) in [6, 6.07) is 8.50. The van der Waals surface area contributed by atoms with E-state index < -0.39 is 12.2 Å². The van der Waals surface area contributed by atoms with Gasteiger partial charge in [-0.15, -0.1) is 12.4 Å². The highest BCUT2D eigenvalue weighted by molar-refractivity contribution is 6.30. The van der Waals surface area contributed by atoms with Crippen molar-refractivity contribution < 1.29 is 4.39 Å². The molecule has 9 heteroatoms. The van der Waals surface area contributed by atoms with Crippen LogP contribution in [0, 0.1) is 6.57 Å². The van der Waals surface area contributed by atoms with E-state index in [2.05, 4.69) is 9.83 Å². The summed E-state index contributed by atoms with van der Waals surface area (Å²) < 4.78 is 15.8. The Morgan fingerprint density at radius 1 is 1.32 bits per heavy atom. The number of anilines is 1. The van der Waals surface area contributed by atoms with Crippen LogP contribution in [0.4, 0.5) is 16.0 Å². The second-order valence-corrected chi connectivity index (χ2v) is 7.10. The van der Waals surface area contributed by atoms with Crippen LogP contribution < -0.4 is 10.6 Å². The maximum Gasteiger partial charge on any atom is 0.206 e. The molecule has 1 aromatic carbocycles. The fourth-order valence-electron chi connectivity index (χ4n) is 3.36. The molecule has 3 heterocycles. The van der Waals surface area contributed by atoms with Crippen molar-refractivity contribution in [2.45, 2.75) is 25.2 Å². The van der Waals surface area contributed by atoms with Crippen LogP contribution in [0.2, 0.25) is 5.02 Å². The van der Waals surface area contributed by atoms with E-state index in [4.69, 9.17) is 28.9 Å². The molecule has 3 aromatic rings. The van der Waals surface area contributed by atoms with Crippen LogP contribution in [0.15, 0.2) is 36.5 Å². The highest BCUT2D eigenvalue weighted by atomic mass is 35.5. The summed E-state index contributed by atoms with van der Waals surface area (Å²) in [6.45, 7) is 8.69. The van der Waals surface area contributed by atoms with E-state index in [1.54, 1.807) is 18.3 Å². The zero-order valence-corrected chi connectivity index (χ0v) is 16.5. The quantitative estimate of drug-likeness (QED) is 0.650. The summed E-state index contributed by atoms with van der Waals surface area (Å²) in [5.74, 6) is 0.714. The topological polar surface area (TPSA) is 64.3 Å². The number of fused-ring (bicyclic) bond motifs is 1. The summed E-state index contributed by atoms with van der Waals surface area (Å²) in [5.41, 5.74) is 8.92. The van der Waals surface area contributed by atoms with Crippen molar-refractivity contribution in [3.8, 4) is 0 Å². The molecule has 2 aromatic heterocycles. The lowest BCUT2D eigenvalue weighted by Crippen LogP contribution is -2.50. The molecule has 6 nitrogen and oxygen atoms in total. The van der Waals surface area contributed by atoms with Gasteiger partial charge in [0.1, 0.15) is 6.17 Å². The van der Waals surface area contributed by atoms with Crippen molar-refractivity contribution in [2.24, 2.45) is 5.73 Å². The molecule has 0 amide bonds. The lowest BCUT2D eigenvalue weighted by Gasteiger charge is -2.34. The molecule has 4 rings (SSSR count). The molecule has 2 atom stereocenters. The number of piperidine rings is 1. The van der Waals surface area contributed by atoms with Gasteiger partial charge in [0.15, 0.2) is 5.69 Å². The monoisotopic (exact) mass is 420 g/mol. The molecule has 1 aliphatic heterocycles. The molecule has 0 saturated carbocycles. The van der Waals surface area contributed by atoms with Crippen LogP contribution in [0.5, 0.6) is 0 Å². The number of aromatic nitrogens is 3. The number of benzene rings is 1. The molecular weight excluding hydrogens is 402 g/mol. The highest BCUT2D eigenvalue weighted by Crippen LogP contribution is 2.29. The average Bonchev–Trinajstić information content (AvgIpc) is 3.03. The van der Waals surface area contributed by atoms with E-state index >= 15 is 0 Å². The SMILES string of the molecule is Cl.[C-]#[N+]c1ccc2nc(N3CC[C@@H](F)[C@H](N)C3)n(Cc3ccc(Cl)cn3)c2c1. The predicted octanol–water partition coefficient (Wildman–Crippen LogP) is 3.98. The molecule has 0 radical (unpaired) electrons. The van der Waals surface area contributed by atoms with Gasteiger partial charge in [0.2, 0.25) is 5.95 Å². The standard InChI is InChI=1S/C19H18ClFN6.ClH/c1-23-13-4-5-17-18(8-13)27(10-14-3-2-12(20)9-24-14)19(25-17)26-7-6-15(21)16(22)11-26;/h2-5,8-9,15-16H,6-7,10-11,22H2;1H/t15-,16-;/m1./s1. The minimum Gasteiger partial charge on any atom is -0.340 e. The fourth-order valence-corrected chi connectivity index (χ4v) is 3.47. The second kappa shape index (κ2) is 8.31. The third-order valence-electron chi connectivity index (χ3n) is 4.80. The van der Waals surface area contributed by atoms with Gasteiger partial charge >= 0.3 is 0 Å². The largest absolute Gasteiger partial charge is 0.340 e. The Kier molecular flexibility index (Phi) is 6.04. The van der Waals surface area contributed by atoms with Gasteiger partial charge in [0, 0.05) is 19.3 Å². The van der Waals surface area contributed by atoms with Crippen LogP contribution >= 0.6 is 24.0 Å². The third kappa shape index (κ3) is 3.90. The molecule has 1 fully saturated rings. The number of pyridine rings is 1. The van der Waals surface area contributed by atoms with Gasteiger partial charge in [-0.05, 0) is 30.7 Å². The van der Waals surface area contributed by atoms with E-state index in [1.165, 1.54) is 0 Å². The molecular formula is C19H19Cl2FN6. The number of rotatable bonds is 3. The van der Waals surface area contributed by atoms with Crippen molar-refractivity contribution >= 4 is 46.7 Å². The molecule has 0 spiro atoms. The number of halogens is 3. The Hall–Kier alpha value is -2.40. The summed E-state index contributed by atoms with van der Waals surface area (Å²) in [5, 5.41) is 0.570. The maximum absolute atomic E-state index is 13.8. The van der Waals surface area contributed by atoms with Crippen LogP contribution in [0.3, 0.4) is 0 Å². The summed E-state index contributed by atoms with van der Waals surface area (Å²) in [7, 11) is 0. The molecule has 1 aliphatic rings. The molecule has 0 aliphatic carbocycles. The number of imidazole rings is 1. The van der Waals surface area contributed by atoms with Gasteiger partial charge in [-0.1, -0.05) is 17.7 Å². The smallest absolute Gasteiger partial charge is 0.206 e. The zero-order valence-electron chi connectivity index (χ0n) is 14.9. The van der Waals surface area contributed by atoms with Crippen molar-refractivity contribution in [3.63, 3.8) is 0 Å². The Morgan fingerprint density at radius 3 is 2.82 bits per heavy atom. The number of nitrogens with two attached hydrogens (primary N) is 1. The molecule has 28 heavy (non-hydrogen) atoms. The number of hydrogen-bond acceptors (Lipinski definition) is 4. The summed E-state index contributed by atoms with van der Waals surface area (Å²) in [4.78, 5) is 14.6. The molecule has 1 saturated heterocycles. The number of hydrogen-bond donors (Lipinski definition) is 1. The summed E-state index contributed by atoms with van der Waals surface area (Å²) in [6.07, 6.45) is 0.979. The van der Waals surface area contributed by atoms with Crippen molar-refractivity contribution in [1.29, 1.82) is 0 Å². The van der Waals surface area contributed by atoms with Gasteiger partial charge in [0.25, 0.3) is 0 Å². The predicted molar refractivity (Wildman–Crippen MR) is 111 cm³/mol. The minimum atomic E-state index is -0.995. The van der Waals surface area contributed by atoms with Gasteiger partial charge in [-0.2, -0.15) is 0 Å². The minimum absolute atomic E-state index is 0. The van der Waals surface area contributed by atoms with Crippen LogP contribution in [-0.4, -0.2) is 39.8 Å². The second-order valence-electron chi connectivity index (χ2n) is 6.67. The Balaban J connectivity index is 0.00000225. The van der Waals surface area contributed by atoms with Gasteiger partial charge in [0.05, 0.1) is 40.9 Å². The van der Waals surface area contributed by atoms with E-state index in [1.807, 2.05) is 27.7 Å². The lowest BCUT2D eigenvalue weighted by atomic mass is 10.1.